The lowest BCUT2D eigenvalue weighted by Crippen LogP contribution is -2.49. The molecule has 2 rings (SSSR count). The average molecular weight is 346 g/mol. The summed E-state index contributed by atoms with van der Waals surface area (Å²) in [6.45, 7) is 6.55. The van der Waals surface area contributed by atoms with Crippen LogP contribution in [0.4, 0.5) is 0 Å². The number of piperazine rings is 1. The van der Waals surface area contributed by atoms with Crippen molar-refractivity contribution in [3.8, 4) is 11.5 Å². The summed E-state index contributed by atoms with van der Waals surface area (Å²) < 4.78 is 11.0. The molecule has 1 aromatic rings. The number of carbonyl (C=O) groups excluding carboxylic acids is 2. The molecule has 1 aliphatic heterocycles. The van der Waals surface area contributed by atoms with E-state index in [9.17, 15) is 9.59 Å². The first-order valence-corrected chi connectivity index (χ1v) is 8.58. The second-order valence-electron chi connectivity index (χ2n) is 5.92. The zero-order valence-electron chi connectivity index (χ0n) is 15.2. The molecule has 0 spiro atoms. The van der Waals surface area contributed by atoms with E-state index in [0.29, 0.717) is 44.3 Å². The third kappa shape index (κ3) is 5.24. The highest BCUT2D eigenvalue weighted by molar-refractivity contribution is 5.92. The first kappa shape index (κ1) is 18.8. The van der Waals surface area contributed by atoms with Crippen LogP contribution in [0.25, 0.3) is 6.08 Å². The van der Waals surface area contributed by atoms with Gasteiger partial charge in [-0.3, -0.25) is 9.59 Å². The van der Waals surface area contributed by atoms with Gasteiger partial charge in [-0.1, -0.05) is 13.0 Å². The van der Waals surface area contributed by atoms with Crippen LogP contribution in [0.2, 0.25) is 0 Å². The monoisotopic (exact) mass is 346 g/mol. The lowest BCUT2D eigenvalue weighted by molar-refractivity contribution is -0.135. The molecule has 0 unspecified atom stereocenters. The number of nitrogens with zero attached hydrogens (tertiary/aromatic N) is 2. The molecule has 136 valence electrons. The molecular formula is C19H26N2O4. The molecule has 1 aromatic carbocycles. The Kier molecular flexibility index (Phi) is 6.86. The van der Waals surface area contributed by atoms with Gasteiger partial charge in [-0.05, 0) is 30.2 Å². The van der Waals surface area contributed by atoms with Crippen molar-refractivity contribution < 1.29 is 19.1 Å². The van der Waals surface area contributed by atoms with Gasteiger partial charge in [0.15, 0.2) is 11.5 Å². The van der Waals surface area contributed by atoms with E-state index < -0.39 is 0 Å². The van der Waals surface area contributed by atoms with E-state index in [2.05, 4.69) is 0 Å². The summed E-state index contributed by atoms with van der Waals surface area (Å²) in [6, 6.07) is 5.59. The van der Waals surface area contributed by atoms with Crippen LogP contribution in [-0.2, 0) is 9.59 Å². The van der Waals surface area contributed by atoms with Gasteiger partial charge in [0.1, 0.15) is 0 Å². The summed E-state index contributed by atoms with van der Waals surface area (Å²) in [5.41, 5.74) is 0.872. The molecule has 0 atom stereocenters. The van der Waals surface area contributed by atoms with Crippen LogP contribution in [0.5, 0.6) is 11.5 Å². The summed E-state index contributed by atoms with van der Waals surface area (Å²) in [4.78, 5) is 27.1. The van der Waals surface area contributed by atoms with Crippen molar-refractivity contribution in [1.29, 1.82) is 0 Å². The molecule has 0 radical (unpaired) electrons. The summed E-state index contributed by atoms with van der Waals surface area (Å²) in [6.07, 6.45) is 4.26. The predicted octanol–water partition coefficient (Wildman–Crippen LogP) is 2.19. The van der Waals surface area contributed by atoms with Gasteiger partial charge in [0, 0.05) is 39.2 Å². The van der Waals surface area contributed by atoms with Gasteiger partial charge in [-0.25, -0.2) is 0 Å². The Morgan fingerprint density at radius 2 is 1.80 bits per heavy atom. The van der Waals surface area contributed by atoms with Gasteiger partial charge >= 0.3 is 0 Å². The first-order valence-electron chi connectivity index (χ1n) is 8.58. The topological polar surface area (TPSA) is 59.1 Å². The predicted molar refractivity (Wildman–Crippen MR) is 96.6 cm³/mol. The third-order valence-corrected chi connectivity index (χ3v) is 4.10. The number of carbonyl (C=O) groups is 2. The molecule has 6 nitrogen and oxygen atoms in total. The highest BCUT2D eigenvalue weighted by atomic mass is 16.5. The van der Waals surface area contributed by atoms with E-state index in [4.69, 9.17) is 9.47 Å². The Labute approximate surface area is 149 Å². The first-order chi connectivity index (χ1) is 12.0. The van der Waals surface area contributed by atoms with Crippen LogP contribution in [0.3, 0.4) is 0 Å². The highest BCUT2D eigenvalue weighted by Crippen LogP contribution is 2.28. The Balaban J connectivity index is 1.96. The molecule has 1 heterocycles. The Hall–Kier alpha value is -2.50. The summed E-state index contributed by atoms with van der Waals surface area (Å²) in [5, 5.41) is 0. The van der Waals surface area contributed by atoms with Gasteiger partial charge in [0.05, 0.1) is 13.7 Å². The second-order valence-corrected chi connectivity index (χ2v) is 5.92. The maximum atomic E-state index is 12.3. The van der Waals surface area contributed by atoms with Gasteiger partial charge in [-0.2, -0.15) is 0 Å². The van der Waals surface area contributed by atoms with Gasteiger partial charge in [0.25, 0.3) is 0 Å². The molecular weight excluding hydrogens is 320 g/mol. The van der Waals surface area contributed by atoms with Crippen LogP contribution < -0.4 is 9.47 Å². The van der Waals surface area contributed by atoms with Gasteiger partial charge < -0.3 is 19.3 Å². The zero-order valence-corrected chi connectivity index (χ0v) is 15.2. The maximum absolute atomic E-state index is 12.3. The Bertz CT molecular complexity index is 634. The average Bonchev–Trinajstić information content (AvgIpc) is 2.64. The quantitative estimate of drug-likeness (QED) is 0.741. The van der Waals surface area contributed by atoms with Crippen molar-refractivity contribution in [3.05, 3.63) is 29.8 Å². The van der Waals surface area contributed by atoms with E-state index >= 15 is 0 Å². The van der Waals surface area contributed by atoms with Crippen molar-refractivity contribution in [1.82, 2.24) is 9.80 Å². The molecule has 2 amide bonds. The lowest BCUT2D eigenvalue weighted by atomic mass is 10.2. The molecule has 0 bridgehead atoms. The van der Waals surface area contributed by atoms with E-state index in [0.717, 1.165) is 12.0 Å². The number of hydrogen-bond acceptors (Lipinski definition) is 4. The van der Waals surface area contributed by atoms with Crippen LogP contribution >= 0.6 is 0 Å². The van der Waals surface area contributed by atoms with Crippen LogP contribution in [0.1, 0.15) is 25.8 Å². The largest absolute Gasteiger partial charge is 0.493 e. The summed E-state index contributed by atoms with van der Waals surface area (Å²) in [7, 11) is 1.60. The second kappa shape index (κ2) is 9.11. The summed E-state index contributed by atoms with van der Waals surface area (Å²) >= 11 is 0. The van der Waals surface area contributed by atoms with Gasteiger partial charge in [0.2, 0.25) is 11.8 Å². The maximum Gasteiger partial charge on any atom is 0.246 e. The fraction of sp³-hybridized carbons (Fsp3) is 0.474. The SMILES string of the molecule is CCCOc1ccc(/C=C/C(=O)N2CCN(C(C)=O)CC2)cc1OC. The number of methoxy groups -OCH3 is 1. The van der Waals surface area contributed by atoms with Crippen molar-refractivity contribution in [2.24, 2.45) is 0 Å². The Morgan fingerprint density at radius 1 is 1.12 bits per heavy atom. The zero-order chi connectivity index (χ0) is 18.2. The molecule has 1 aliphatic rings. The minimum atomic E-state index is -0.0477. The van der Waals surface area contributed by atoms with Crippen molar-refractivity contribution >= 4 is 17.9 Å². The lowest BCUT2D eigenvalue weighted by Gasteiger charge is -2.33. The molecule has 25 heavy (non-hydrogen) atoms. The summed E-state index contributed by atoms with van der Waals surface area (Å²) in [5.74, 6) is 1.36. The van der Waals surface area contributed by atoms with Crippen molar-refractivity contribution in [2.75, 3.05) is 39.9 Å². The molecule has 6 heteroatoms. The van der Waals surface area contributed by atoms with Crippen molar-refractivity contribution in [3.63, 3.8) is 0 Å². The third-order valence-electron chi connectivity index (χ3n) is 4.10. The molecule has 0 N–H and O–H groups in total. The fourth-order valence-electron chi connectivity index (χ4n) is 2.63. The number of rotatable bonds is 6. The fourth-order valence-corrected chi connectivity index (χ4v) is 2.63. The normalized spacial score (nSPS) is 14.7. The van der Waals surface area contributed by atoms with Crippen LogP contribution in [0, 0.1) is 0 Å². The highest BCUT2D eigenvalue weighted by Gasteiger charge is 2.20. The molecule has 0 aromatic heterocycles. The number of amides is 2. The number of ether oxygens (including phenoxy) is 2. The minimum absolute atomic E-state index is 0.0477. The van der Waals surface area contributed by atoms with E-state index in [-0.39, 0.29) is 11.8 Å². The number of hydrogen-bond donors (Lipinski definition) is 0. The van der Waals surface area contributed by atoms with Gasteiger partial charge in [-0.15, -0.1) is 0 Å². The Morgan fingerprint density at radius 3 is 2.40 bits per heavy atom. The smallest absolute Gasteiger partial charge is 0.246 e. The molecule has 1 saturated heterocycles. The molecule has 0 aliphatic carbocycles. The van der Waals surface area contributed by atoms with Crippen LogP contribution in [0.15, 0.2) is 24.3 Å². The van der Waals surface area contributed by atoms with E-state index in [1.165, 1.54) is 0 Å². The number of benzene rings is 1. The van der Waals surface area contributed by atoms with Crippen LogP contribution in [-0.4, -0.2) is 61.5 Å². The van der Waals surface area contributed by atoms with Crippen molar-refractivity contribution in [2.45, 2.75) is 20.3 Å². The minimum Gasteiger partial charge on any atom is -0.493 e. The standard InChI is InChI=1S/C19H26N2O4/c1-4-13-25-17-7-5-16(14-18(17)24-3)6-8-19(23)21-11-9-20(10-12-21)15(2)22/h5-8,14H,4,9-13H2,1-3H3/b8-6+. The van der Waals surface area contributed by atoms with E-state index in [1.54, 1.807) is 36.0 Å². The molecule has 1 fully saturated rings. The van der Waals surface area contributed by atoms with E-state index in [1.807, 2.05) is 25.1 Å². The molecule has 0 saturated carbocycles.